The minimum atomic E-state index is -4.99. The molecular weight excluding hydrogens is 1350 g/mol. The number of hydrogen-bond acceptors (Lipinski definition) is 15. The molecule has 0 saturated heterocycles. The van der Waals surface area contributed by atoms with Crippen molar-refractivity contribution in [2.45, 2.75) is 354 Å². The molecule has 0 amide bonds. The summed E-state index contributed by atoms with van der Waals surface area (Å²) < 4.78 is 68.6. The van der Waals surface area contributed by atoms with Crippen LogP contribution in [0, 0.1) is 0 Å². The van der Waals surface area contributed by atoms with E-state index in [2.05, 4.69) is 149 Å². The third-order valence-electron chi connectivity index (χ3n) is 16.9. The Hall–Kier alpha value is -4.54. The number of carbonyl (C=O) groups is 4. The first-order valence-electron chi connectivity index (χ1n) is 40.8. The lowest BCUT2D eigenvalue weighted by Crippen LogP contribution is -2.30. The molecule has 0 rings (SSSR count). The SMILES string of the molecule is CC/C=C\C/C=C\C/C=C\C/C=C\C/C=C\CCCCCC(=O)OCC(COP(=O)(O)OCC(O)COP(=O)(O)OCC(COC(=O)CCCCCCCCC/C=C\C/C=C\C/C=C\CC)OC(=O)CCCCCCCCCCCCCCCCC)OC(=O)CCCCCCC/C=C\C/C=C\CCC. The molecule has 104 heavy (non-hydrogen) atoms. The lowest BCUT2D eigenvalue weighted by molar-refractivity contribution is -0.161. The molecule has 0 aromatic heterocycles. The molecule has 598 valence electrons. The Morgan fingerprint density at radius 2 is 0.519 bits per heavy atom. The largest absolute Gasteiger partial charge is 0.472 e. The molecule has 17 nitrogen and oxygen atoms in total. The van der Waals surface area contributed by atoms with Crippen molar-refractivity contribution in [2.24, 2.45) is 0 Å². The number of hydrogen-bond donors (Lipinski definition) is 3. The maximum Gasteiger partial charge on any atom is 0.472 e. The second-order valence-corrected chi connectivity index (χ2v) is 29.9. The van der Waals surface area contributed by atoms with Crippen LogP contribution in [0.15, 0.2) is 122 Å². The van der Waals surface area contributed by atoms with Gasteiger partial charge in [0.05, 0.1) is 26.4 Å². The standard InChI is InChI=1S/C85H146O17P2/c1-5-9-13-17-21-25-29-33-36-38-39-41-44-47-50-54-58-62-66-70-83(88)95-75-80(101-84(89)71-67-63-59-55-51-45-32-28-24-20-16-12-8-4)77-99-103(91,92)97-73-79(86)74-98-104(93,94)100-78-81(102-85(90)72-68-64-60-56-52-48-42-35-31-27-23-19-15-11-7-3)76-96-82(87)69-65-61-57-53-49-46-43-40-37-34-30-26-22-18-14-10-6-2/h9-10,13-14,16,20-22,25-26,28,32-34,36-37,39,41,47,50,79-81,86H,5-8,11-12,15,17-19,23-24,27,29-31,35,38,40,42-46,48-49,51-78H2,1-4H3,(H,91,92)(H,93,94)/b13-9-,14-10-,20-16-,25-21-,26-22-,32-28-,36-33-,37-34-,41-39-,50-47-. The number of unbranched alkanes of at least 4 members (excludes halogenated alkanes) is 30. The van der Waals surface area contributed by atoms with Gasteiger partial charge in [-0.15, -0.1) is 0 Å². The molecule has 3 N–H and O–H groups in total. The number of allylic oxidation sites excluding steroid dienone is 20. The molecule has 0 heterocycles. The van der Waals surface area contributed by atoms with Gasteiger partial charge in [-0.2, -0.15) is 0 Å². The Labute approximate surface area is 632 Å². The fourth-order valence-corrected chi connectivity index (χ4v) is 12.3. The molecule has 0 radical (unpaired) electrons. The van der Waals surface area contributed by atoms with Gasteiger partial charge >= 0.3 is 39.5 Å². The zero-order chi connectivity index (χ0) is 76.0. The van der Waals surface area contributed by atoms with Gasteiger partial charge in [0.2, 0.25) is 0 Å². The van der Waals surface area contributed by atoms with E-state index in [1.807, 2.05) is 0 Å². The first-order chi connectivity index (χ1) is 50.7. The van der Waals surface area contributed by atoms with E-state index >= 15 is 0 Å². The maximum absolute atomic E-state index is 13.1. The molecule has 0 aliphatic heterocycles. The number of rotatable bonds is 76. The van der Waals surface area contributed by atoms with Gasteiger partial charge in [0, 0.05) is 25.7 Å². The van der Waals surface area contributed by atoms with Gasteiger partial charge in [-0.25, -0.2) is 9.13 Å². The van der Waals surface area contributed by atoms with Gasteiger partial charge in [0.25, 0.3) is 0 Å². The zero-order valence-electron chi connectivity index (χ0n) is 65.4. The number of ether oxygens (including phenoxy) is 4. The van der Waals surface area contributed by atoms with E-state index in [9.17, 15) is 43.2 Å². The predicted molar refractivity (Wildman–Crippen MR) is 427 cm³/mol. The summed E-state index contributed by atoms with van der Waals surface area (Å²) in [6.07, 6.45) is 84.6. The van der Waals surface area contributed by atoms with Crippen molar-refractivity contribution in [3.8, 4) is 0 Å². The van der Waals surface area contributed by atoms with E-state index in [0.717, 1.165) is 193 Å². The van der Waals surface area contributed by atoms with Gasteiger partial charge in [-0.3, -0.25) is 37.3 Å². The van der Waals surface area contributed by atoms with Crippen molar-refractivity contribution < 1.29 is 80.2 Å². The molecule has 0 spiro atoms. The van der Waals surface area contributed by atoms with Gasteiger partial charge in [-0.05, 0) is 128 Å². The van der Waals surface area contributed by atoms with Crippen LogP contribution >= 0.6 is 15.6 Å². The highest BCUT2D eigenvalue weighted by Crippen LogP contribution is 2.45. The lowest BCUT2D eigenvalue weighted by atomic mass is 10.0. The Morgan fingerprint density at radius 3 is 0.817 bits per heavy atom. The first-order valence-corrected chi connectivity index (χ1v) is 43.8. The Balaban J connectivity index is 5.37. The second kappa shape index (κ2) is 76.6. The number of aliphatic hydroxyl groups excluding tert-OH is 1. The summed E-state index contributed by atoms with van der Waals surface area (Å²) in [6.45, 7) is 4.56. The molecule has 0 bridgehead atoms. The average molecular weight is 1500 g/mol. The summed E-state index contributed by atoms with van der Waals surface area (Å²) in [7, 11) is -9.97. The zero-order valence-corrected chi connectivity index (χ0v) is 67.2. The maximum atomic E-state index is 13.1. The minimum Gasteiger partial charge on any atom is -0.462 e. The van der Waals surface area contributed by atoms with E-state index in [4.69, 9.17) is 37.0 Å². The Morgan fingerprint density at radius 1 is 0.279 bits per heavy atom. The smallest absolute Gasteiger partial charge is 0.462 e. The molecule has 5 atom stereocenters. The molecule has 0 aromatic carbocycles. The van der Waals surface area contributed by atoms with Gasteiger partial charge in [0.15, 0.2) is 12.2 Å². The summed E-state index contributed by atoms with van der Waals surface area (Å²) >= 11 is 0. The highest BCUT2D eigenvalue weighted by atomic mass is 31.2. The monoisotopic (exact) mass is 1500 g/mol. The van der Waals surface area contributed by atoms with Crippen molar-refractivity contribution in [1.29, 1.82) is 0 Å². The van der Waals surface area contributed by atoms with E-state index in [-0.39, 0.29) is 25.7 Å². The van der Waals surface area contributed by atoms with Crippen LogP contribution < -0.4 is 0 Å². The summed E-state index contributed by atoms with van der Waals surface area (Å²) in [6, 6.07) is 0. The predicted octanol–water partition coefficient (Wildman–Crippen LogP) is 23.9. The fourth-order valence-electron chi connectivity index (χ4n) is 10.8. The van der Waals surface area contributed by atoms with Crippen LogP contribution in [0.4, 0.5) is 0 Å². The normalized spacial score (nSPS) is 14.5. The van der Waals surface area contributed by atoms with Gasteiger partial charge in [0.1, 0.15) is 19.3 Å². The summed E-state index contributed by atoms with van der Waals surface area (Å²) in [5.74, 6) is -2.22. The van der Waals surface area contributed by atoms with Crippen LogP contribution in [0.25, 0.3) is 0 Å². The number of aliphatic hydroxyl groups is 1. The Bertz CT molecular complexity index is 2440. The summed E-state index contributed by atoms with van der Waals surface area (Å²) in [5, 5.41) is 10.6. The van der Waals surface area contributed by atoms with Crippen LogP contribution in [0.3, 0.4) is 0 Å². The molecular formula is C85H146O17P2. The molecule has 0 aliphatic rings. The van der Waals surface area contributed by atoms with Crippen LogP contribution in [0.1, 0.15) is 336 Å². The van der Waals surface area contributed by atoms with Crippen LogP contribution in [-0.4, -0.2) is 96.7 Å². The minimum absolute atomic E-state index is 0.0693. The first kappa shape index (κ1) is 99.5. The quantitative estimate of drug-likeness (QED) is 0.0169. The number of phosphoric acid groups is 2. The van der Waals surface area contributed by atoms with Crippen molar-refractivity contribution in [1.82, 2.24) is 0 Å². The van der Waals surface area contributed by atoms with E-state index in [1.165, 1.54) is 64.2 Å². The third-order valence-corrected chi connectivity index (χ3v) is 18.8. The number of carbonyl (C=O) groups excluding carboxylic acids is 4. The molecule has 5 unspecified atom stereocenters. The molecule has 0 fully saturated rings. The third kappa shape index (κ3) is 75.7. The molecule has 0 saturated carbocycles. The second-order valence-electron chi connectivity index (χ2n) is 27.0. The van der Waals surface area contributed by atoms with E-state index < -0.39 is 97.5 Å². The summed E-state index contributed by atoms with van der Waals surface area (Å²) in [5.41, 5.74) is 0. The van der Waals surface area contributed by atoms with Crippen molar-refractivity contribution >= 4 is 39.5 Å². The molecule has 0 aromatic rings. The highest BCUT2D eigenvalue weighted by molar-refractivity contribution is 7.47. The van der Waals surface area contributed by atoms with E-state index in [1.54, 1.807) is 0 Å². The van der Waals surface area contributed by atoms with Crippen LogP contribution in [-0.2, 0) is 65.4 Å². The Kier molecular flexibility index (Phi) is 73.3. The molecule has 19 heteroatoms. The lowest BCUT2D eigenvalue weighted by Gasteiger charge is -2.21. The van der Waals surface area contributed by atoms with E-state index in [0.29, 0.717) is 25.7 Å². The molecule has 0 aliphatic carbocycles. The fraction of sp³-hybridized carbons (Fsp3) is 0.718. The van der Waals surface area contributed by atoms with Gasteiger partial charge < -0.3 is 33.8 Å². The highest BCUT2D eigenvalue weighted by Gasteiger charge is 2.30. The number of phosphoric ester groups is 2. The average Bonchev–Trinajstić information content (AvgIpc) is 0.939. The van der Waals surface area contributed by atoms with Crippen LogP contribution in [0.5, 0.6) is 0 Å². The van der Waals surface area contributed by atoms with Crippen molar-refractivity contribution in [2.75, 3.05) is 39.6 Å². The van der Waals surface area contributed by atoms with Crippen molar-refractivity contribution in [3.05, 3.63) is 122 Å². The topological polar surface area (TPSA) is 237 Å². The van der Waals surface area contributed by atoms with Crippen molar-refractivity contribution in [3.63, 3.8) is 0 Å². The number of esters is 4. The van der Waals surface area contributed by atoms with Crippen LogP contribution in [0.2, 0.25) is 0 Å². The summed E-state index contributed by atoms with van der Waals surface area (Å²) in [4.78, 5) is 73.1. The van der Waals surface area contributed by atoms with Gasteiger partial charge in [-0.1, -0.05) is 303 Å².